The van der Waals surface area contributed by atoms with Gasteiger partial charge in [0, 0.05) is 11.4 Å². The Labute approximate surface area is 112 Å². The summed E-state index contributed by atoms with van der Waals surface area (Å²) in [6.45, 7) is 6.30. The molecule has 0 atom stereocenters. The summed E-state index contributed by atoms with van der Waals surface area (Å²) < 4.78 is 12.2. The second-order valence-electron chi connectivity index (χ2n) is 4.46. The van der Waals surface area contributed by atoms with E-state index in [9.17, 15) is 4.79 Å². The Balaban J connectivity index is 2.11. The first-order valence-corrected chi connectivity index (χ1v) is 6.09. The van der Waals surface area contributed by atoms with Crippen molar-refractivity contribution >= 4 is 5.97 Å². The average molecular weight is 262 g/mol. The van der Waals surface area contributed by atoms with E-state index in [0.29, 0.717) is 23.6 Å². The number of nitrogens with zero attached hydrogens (tertiary/aromatic N) is 1. The Hall–Kier alpha value is -2.17. The van der Waals surface area contributed by atoms with Gasteiger partial charge in [0.05, 0.1) is 13.7 Å². The number of nitrogens with one attached hydrogen (secondary N) is 1. The lowest BCUT2D eigenvalue weighted by atomic mass is 10.2. The number of hydrogen-bond acceptors (Lipinski definition) is 4. The second kappa shape index (κ2) is 5.22. The van der Waals surface area contributed by atoms with E-state index in [1.807, 2.05) is 30.7 Å². The zero-order chi connectivity index (χ0) is 14.0. The second-order valence-corrected chi connectivity index (χ2v) is 4.46. The van der Waals surface area contributed by atoms with Gasteiger partial charge in [-0.15, -0.1) is 0 Å². The third-order valence-corrected chi connectivity index (χ3v) is 3.06. The van der Waals surface area contributed by atoms with Crippen molar-refractivity contribution in [3.8, 4) is 0 Å². The maximum Gasteiger partial charge on any atom is 0.341 e. The minimum Gasteiger partial charge on any atom is -0.465 e. The van der Waals surface area contributed by atoms with Gasteiger partial charge in [0.25, 0.3) is 0 Å². The van der Waals surface area contributed by atoms with Gasteiger partial charge in [-0.3, -0.25) is 4.68 Å². The Morgan fingerprint density at radius 1 is 1.32 bits per heavy atom. The summed E-state index contributed by atoms with van der Waals surface area (Å²) in [7, 11) is 1.36. The molecule has 5 heteroatoms. The predicted molar refractivity (Wildman–Crippen MR) is 71.8 cm³/mol. The summed E-state index contributed by atoms with van der Waals surface area (Å²) in [5.74, 6) is 0.899. The quantitative estimate of drug-likeness (QED) is 0.860. The van der Waals surface area contributed by atoms with Crippen LogP contribution in [-0.2, 0) is 11.3 Å². The largest absolute Gasteiger partial charge is 0.465 e. The number of esters is 1. The Bertz CT molecular complexity index is 576. The zero-order valence-corrected chi connectivity index (χ0v) is 11.6. The van der Waals surface area contributed by atoms with Crippen LogP contribution in [0.25, 0.3) is 0 Å². The molecule has 102 valence electrons. The highest BCUT2D eigenvalue weighted by atomic mass is 16.5. The summed E-state index contributed by atoms with van der Waals surface area (Å²) in [5, 5.41) is 0. The Morgan fingerprint density at radius 2 is 1.95 bits per heavy atom. The van der Waals surface area contributed by atoms with Crippen molar-refractivity contribution in [3.05, 3.63) is 46.7 Å². The van der Waals surface area contributed by atoms with Gasteiger partial charge in [-0.1, -0.05) is 0 Å². The van der Waals surface area contributed by atoms with Gasteiger partial charge in [0.2, 0.25) is 0 Å². The van der Waals surface area contributed by atoms with Gasteiger partial charge in [-0.25, -0.2) is 4.79 Å². The number of aryl methyl sites for hydroxylation is 3. The molecule has 0 saturated heterocycles. The molecule has 19 heavy (non-hydrogen) atoms. The number of ether oxygens (including phenoxy) is 1. The van der Waals surface area contributed by atoms with Crippen LogP contribution in [0.4, 0.5) is 0 Å². The fourth-order valence-corrected chi connectivity index (χ4v) is 2.02. The molecule has 0 aromatic carbocycles. The van der Waals surface area contributed by atoms with E-state index in [0.717, 1.165) is 11.4 Å². The normalized spacial score (nSPS) is 10.5. The van der Waals surface area contributed by atoms with Crippen molar-refractivity contribution in [1.29, 1.82) is 0 Å². The maximum atomic E-state index is 11.5. The summed E-state index contributed by atoms with van der Waals surface area (Å²) in [6, 6.07) is 5.79. The highest BCUT2D eigenvalue weighted by Crippen LogP contribution is 2.16. The summed E-state index contributed by atoms with van der Waals surface area (Å²) in [4.78, 5) is 11.5. The van der Waals surface area contributed by atoms with E-state index in [-0.39, 0.29) is 5.97 Å². The van der Waals surface area contributed by atoms with Gasteiger partial charge >= 0.3 is 5.97 Å². The van der Waals surface area contributed by atoms with Crippen LogP contribution in [-0.4, -0.2) is 17.8 Å². The third-order valence-electron chi connectivity index (χ3n) is 3.06. The van der Waals surface area contributed by atoms with Gasteiger partial charge in [-0.2, -0.15) is 0 Å². The number of carbonyl (C=O) groups is 1. The summed E-state index contributed by atoms with van der Waals surface area (Å²) in [6.07, 6.45) is 0. The topological polar surface area (TPSA) is 56.4 Å². The number of hydrogen-bond donors (Lipinski definition) is 1. The standard InChI is InChI=1S/C14H18N2O3/c1-9-5-6-10(2)16(9)15-8-12-7-13(11(3)19-12)14(17)18-4/h5-7,15H,8H2,1-4H3. The molecule has 5 nitrogen and oxygen atoms in total. The van der Waals surface area contributed by atoms with Crippen molar-refractivity contribution in [2.45, 2.75) is 27.3 Å². The van der Waals surface area contributed by atoms with Crippen LogP contribution in [0.3, 0.4) is 0 Å². The van der Waals surface area contributed by atoms with E-state index >= 15 is 0 Å². The molecule has 0 radical (unpaired) electrons. The van der Waals surface area contributed by atoms with E-state index in [2.05, 4.69) is 5.43 Å². The van der Waals surface area contributed by atoms with Crippen LogP contribution in [0.2, 0.25) is 0 Å². The minimum atomic E-state index is -0.374. The van der Waals surface area contributed by atoms with Gasteiger partial charge in [-0.05, 0) is 39.0 Å². The average Bonchev–Trinajstić information content (AvgIpc) is 2.90. The molecule has 0 aliphatic rings. The number of furan rings is 1. The molecule has 1 N–H and O–H groups in total. The number of rotatable bonds is 4. The molecule has 0 aliphatic heterocycles. The molecule has 2 aromatic rings. The fourth-order valence-electron chi connectivity index (χ4n) is 2.02. The molecule has 0 amide bonds. The Kier molecular flexibility index (Phi) is 3.64. The highest BCUT2D eigenvalue weighted by molar-refractivity contribution is 5.90. The van der Waals surface area contributed by atoms with E-state index in [4.69, 9.17) is 9.15 Å². The van der Waals surface area contributed by atoms with Crippen molar-refractivity contribution < 1.29 is 13.9 Å². The fraction of sp³-hybridized carbons (Fsp3) is 0.357. The van der Waals surface area contributed by atoms with E-state index in [1.165, 1.54) is 7.11 Å². The molecular formula is C14H18N2O3. The van der Waals surface area contributed by atoms with Crippen molar-refractivity contribution in [1.82, 2.24) is 4.68 Å². The number of carbonyl (C=O) groups excluding carboxylic acids is 1. The molecule has 2 heterocycles. The monoisotopic (exact) mass is 262 g/mol. The maximum absolute atomic E-state index is 11.5. The van der Waals surface area contributed by atoms with Crippen molar-refractivity contribution in [2.75, 3.05) is 12.5 Å². The van der Waals surface area contributed by atoms with Crippen LogP contribution in [0, 0.1) is 20.8 Å². The summed E-state index contributed by atoms with van der Waals surface area (Å²) in [5.41, 5.74) is 5.96. The Morgan fingerprint density at radius 3 is 2.53 bits per heavy atom. The third kappa shape index (κ3) is 2.65. The van der Waals surface area contributed by atoms with Crippen LogP contribution in [0.1, 0.15) is 33.3 Å². The highest BCUT2D eigenvalue weighted by Gasteiger charge is 2.15. The summed E-state index contributed by atoms with van der Waals surface area (Å²) >= 11 is 0. The van der Waals surface area contributed by atoms with Crippen molar-refractivity contribution in [3.63, 3.8) is 0 Å². The first-order chi connectivity index (χ1) is 9.02. The lowest BCUT2D eigenvalue weighted by molar-refractivity contribution is 0.0599. The predicted octanol–water partition coefficient (Wildman–Crippen LogP) is 2.54. The number of aromatic nitrogens is 1. The SMILES string of the molecule is COC(=O)c1cc(CNn2c(C)ccc2C)oc1C. The molecular weight excluding hydrogens is 244 g/mol. The van der Waals surface area contributed by atoms with Gasteiger partial charge in [0.1, 0.15) is 17.1 Å². The van der Waals surface area contributed by atoms with E-state index < -0.39 is 0 Å². The van der Waals surface area contributed by atoms with Crippen LogP contribution in [0.5, 0.6) is 0 Å². The van der Waals surface area contributed by atoms with Crippen LogP contribution < -0.4 is 5.43 Å². The number of methoxy groups -OCH3 is 1. The van der Waals surface area contributed by atoms with Gasteiger partial charge < -0.3 is 14.6 Å². The zero-order valence-electron chi connectivity index (χ0n) is 11.6. The molecule has 0 aliphatic carbocycles. The minimum absolute atomic E-state index is 0.374. The molecule has 0 bridgehead atoms. The molecule has 2 aromatic heterocycles. The molecule has 0 fully saturated rings. The molecule has 2 rings (SSSR count). The molecule has 0 unspecified atom stereocenters. The molecule has 0 saturated carbocycles. The molecule has 0 spiro atoms. The van der Waals surface area contributed by atoms with Crippen LogP contribution >= 0.6 is 0 Å². The first kappa shape index (κ1) is 13.3. The van der Waals surface area contributed by atoms with Crippen LogP contribution in [0.15, 0.2) is 22.6 Å². The lowest BCUT2D eigenvalue weighted by Gasteiger charge is -2.10. The first-order valence-electron chi connectivity index (χ1n) is 6.09. The smallest absolute Gasteiger partial charge is 0.341 e. The van der Waals surface area contributed by atoms with Crippen molar-refractivity contribution in [2.24, 2.45) is 0 Å². The van der Waals surface area contributed by atoms with Gasteiger partial charge in [0.15, 0.2) is 0 Å². The van der Waals surface area contributed by atoms with E-state index in [1.54, 1.807) is 13.0 Å². The lowest BCUT2D eigenvalue weighted by Crippen LogP contribution is -2.16.